The van der Waals surface area contributed by atoms with Crippen LogP contribution in [0.2, 0.25) is 0 Å². The predicted octanol–water partition coefficient (Wildman–Crippen LogP) is 5.01. The molecule has 2 aromatic carbocycles. The summed E-state index contributed by atoms with van der Waals surface area (Å²) in [6, 6.07) is 15.8. The van der Waals surface area contributed by atoms with E-state index in [4.69, 9.17) is 4.74 Å². The van der Waals surface area contributed by atoms with E-state index in [-0.39, 0.29) is 36.7 Å². The highest BCUT2D eigenvalue weighted by atomic mass is 16.6. The number of benzene rings is 2. The van der Waals surface area contributed by atoms with Gasteiger partial charge in [-0.25, -0.2) is 4.98 Å². The fraction of sp³-hybridized carbons (Fsp3) is 0.500. The summed E-state index contributed by atoms with van der Waals surface area (Å²) in [5.74, 6) is 0.481. The van der Waals surface area contributed by atoms with Crippen LogP contribution in [0, 0.1) is 5.92 Å². The smallest absolute Gasteiger partial charge is 0.306 e. The van der Waals surface area contributed by atoms with E-state index in [0.717, 1.165) is 48.2 Å². The lowest BCUT2D eigenvalue weighted by atomic mass is 9.86. The van der Waals surface area contributed by atoms with Gasteiger partial charge in [-0.05, 0) is 88.5 Å². The molecule has 218 valence electrons. The summed E-state index contributed by atoms with van der Waals surface area (Å²) in [5, 5.41) is 6.60. The van der Waals surface area contributed by atoms with Gasteiger partial charge in [-0.2, -0.15) is 0 Å². The highest BCUT2D eigenvalue weighted by Crippen LogP contribution is 2.32. The van der Waals surface area contributed by atoms with Crippen LogP contribution in [0.3, 0.4) is 0 Å². The minimum absolute atomic E-state index is 0.00920. The molecule has 1 aliphatic carbocycles. The maximum Gasteiger partial charge on any atom is 0.306 e. The normalized spacial score (nSPS) is 21.2. The summed E-state index contributed by atoms with van der Waals surface area (Å²) < 4.78 is 5.54. The molecule has 41 heavy (non-hydrogen) atoms. The summed E-state index contributed by atoms with van der Waals surface area (Å²) in [7, 11) is 0. The average Bonchev–Trinajstić information content (AvgIpc) is 3.30. The third kappa shape index (κ3) is 7.45. The standard InChI is InChI=1S/C32H41N5O4/c1-32(2,3)41-29(39)18-22-16-17-37(30(40)25-9-5-4-8-24(22)25)20-28(38)33-19-21-12-14-23(15-13-21)34-31-35-26-10-6-7-11-27(26)36-31/h4-11,21-23H,12-20H2,1-3H3,(H,33,38)(H2,34,35,36). The number of aromatic nitrogens is 2. The fourth-order valence-electron chi connectivity index (χ4n) is 5.95. The first kappa shape index (κ1) is 28.6. The summed E-state index contributed by atoms with van der Waals surface area (Å²) >= 11 is 0. The second-order valence-corrected chi connectivity index (χ2v) is 12.4. The molecule has 1 aliphatic heterocycles. The van der Waals surface area contributed by atoms with E-state index < -0.39 is 5.60 Å². The Morgan fingerprint density at radius 1 is 1.02 bits per heavy atom. The third-order valence-electron chi connectivity index (χ3n) is 8.00. The number of H-pyrrole nitrogens is 1. The number of imidazole rings is 1. The van der Waals surface area contributed by atoms with E-state index in [9.17, 15) is 14.4 Å². The number of fused-ring (bicyclic) bond motifs is 2. The van der Waals surface area contributed by atoms with Gasteiger partial charge in [0.05, 0.1) is 24.0 Å². The Kier molecular flexibility index (Phi) is 8.61. The third-order valence-corrected chi connectivity index (χ3v) is 8.00. The molecule has 3 N–H and O–H groups in total. The SMILES string of the molecule is CC(C)(C)OC(=O)CC1CCN(CC(=O)NCC2CCC(Nc3nc4ccccc4[nH]3)CC2)C(=O)c2ccccc21. The molecule has 0 radical (unpaired) electrons. The zero-order valence-corrected chi connectivity index (χ0v) is 24.2. The van der Waals surface area contributed by atoms with Crippen LogP contribution in [0.5, 0.6) is 0 Å². The van der Waals surface area contributed by atoms with Crippen molar-refractivity contribution in [3.8, 4) is 0 Å². The molecule has 1 saturated carbocycles. The summed E-state index contributed by atoms with van der Waals surface area (Å²) in [4.78, 5) is 48.5. The van der Waals surface area contributed by atoms with Crippen molar-refractivity contribution >= 4 is 34.8 Å². The van der Waals surface area contributed by atoms with Gasteiger partial charge in [0.15, 0.2) is 0 Å². The van der Waals surface area contributed by atoms with Crippen molar-refractivity contribution in [3.05, 3.63) is 59.7 Å². The summed E-state index contributed by atoms with van der Waals surface area (Å²) in [6.45, 7) is 6.57. The van der Waals surface area contributed by atoms with E-state index in [2.05, 4.69) is 20.6 Å². The van der Waals surface area contributed by atoms with Crippen LogP contribution in [-0.2, 0) is 14.3 Å². The number of carbonyl (C=O) groups excluding carboxylic acids is 3. The first-order chi connectivity index (χ1) is 19.6. The van der Waals surface area contributed by atoms with Gasteiger partial charge in [-0.15, -0.1) is 0 Å². The van der Waals surface area contributed by atoms with Crippen molar-refractivity contribution in [1.29, 1.82) is 0 Å². The number of nitrogens with one attached hydrogen (secondary N) is 3. The number of carbonyl (C=O) groups is 3. The van der Waals surface area contributed by atoms with Crippen LogP contribution in [0.4, 0.5) is 5.95 Å². The Morgan fingerprint density at radius 2 is 1.76 bits per heavy atom. The molecule has 9 nitrogen and oxygen atoms in total. The Morgan fingerprint density at radius 3 is 2.51 bits per heavy atom. The zero-order valence-electron chi connectivity index (χ0n) is 24.2. The van der Waals surface area contributed by atoms with Gasteiger partial charge in [-0.3, -0.25) is 14.4 Å². The van der Waals surface area contributed by atoms with Crippen molar-refractivity contribution in [2.75, 3.05) is 25.0 Å². The molecule has 3 aromatic rings. The molecule has 0 spiro atoms. The second kappa shape index (κ2) is 12.3. The number of anilines is 1. The van der Waals surface area contributed by atoms with Crippen LogP contribution >= 0.6 is 0 Å². The molecule has 1 atom stereocenters. The second-order valence-electron chi connectivity index (χ2n) is 12.4. The van der Waals surface area contributed by atoms with Gasteiger partial charge < -0.3 is 25.3 Å². The van der Waals surface area contributed by atoms with E-state index in [0.29, 0.717) is 37.0 Å². The maximum absolute atomic E-state index is 13.4. The minimum atomic E-state index is -0.564. The molecule has 2 aliphatic rings. The number of esters is 1. The van der Waals surface area contributed by atoms with Crippen molar-refractivity contribution < 1.29 is 19.1 Å². The van der Waals surface area contributed by atoms with Crippen molar-refractivity contribution in [2.24, 2.45) is 5.92 Å². The number of ether oxygens (including phenoxy) is 1. The lowest BCUT2D eigenvalue weighted by Gasteiger charge is -2.29. The highest BCUT2D eigenvalue weighted by molar-refractivity contribution is 5.98. The number of rotatable bonds is 8. The quantitative estimate of drug-likeness (QED) is 0.334. The van der Waals surface area contributed by atoms with Crippen molar-refractivity contribution in [3.63, 3.8) is 0 Å². The number of hydrogen-bond acceptors (Lipinski definition) is 6. The van der Waals surface area contributed by atoms with Crippen LogP contribution < -0.4 is 10.6 Å². The van der Waals surface area contributed by atoms with Crippen molar-refractivity contribution in [1.82, 2.24) is 20.2 Å². The monoisotopic (exact) mass is 559 g/mol. The molecule has 0 bridgehead atoms. The topological polar surface area (TPSA) is 116 Å². The molecule has 9 heteroatoms. The molecule has 1 aromatic heterocycles. The van der Waals surface area contributed by atoms with Gasteiger partial charge >= 0.3 is 5.97 Å². The van der Waals surface area contributed by atoms with Crippen LogP contribution in [0.15, 0.2) is 48.5 Å². The number of amides is 2. The van der Waals surface area contributed by atoms with Gasteiger partial charge in [0.1, 0.15) is 5.60 Å². The molecule has 2 amide bonds. The van der Waals surface area contributed by atoms with Gasteiger partial charge in [-0.1, -0.05) is 30.3 Å². The first-order valence-corrected chi connectivity index (χ1v) is 14.7. The molecular weight excluding hydrogens is 518 g/mol. The minimum Gasteiger partial charge on any atom is -0.460 e. The average molecular weight is 560 g/mol. The summed E-state index contributed by atoms with van der Waals surface area (Å²) in [5.41, 5.74) is 2.82. The number of nitrogens with zero attached hydrogens (tertiary/aromatic N) is 2. The summed E-state index contributed by atoms with van der Waals surface area (Å²) in [6.07, 6.45) is 4.85. The molecule has 1 fully saturated rings. The van der Waals surface area contributed by atoms with E-state index in [1.54, 1.807) is 11.0 Å². The Balaban J connectivity index is 1.10. The zero-order chi connectivity index (χ0) is 29.0. The number of hydrogen-bond donors (Lipinski definition) is 3. The van der Waals surface area contributed by atoms with Crippen LogP contribution in [0.1, 0.15) is 81.1 Å². The van der Waals surface area contributed by atoms with E-state index in [1.807, 2.05) is 63.2 Å². The fourth-order valence-corrected chi connectivity index (χ4v) is 5.95. The van der Waals surface area contributed by atoms with Crippen molar-refractivity contribution in [2.45, 2.75) is 76.9 Å². The number of para-hydroxylation sites is 2. The Hall–Kier alpha value is -3.88. The molecule has 2 heterocycles. The van der Waals surface area contributed by atoms with Gasteiger partial charge in [0.2, 0.25) is 11.9 Å². The molecule has 5 rings (SSSR count). The maximum atomic E-state index is 13.4. The van der Waals surface area contributed by atoms with Gasteiger partial charge in [0, 0.05) is 24.7 Å². The molecule has 0 saturated heterocycles. The molecular formula is C32H41N5O4. The lowest BCUT2D eigenvalue weighted by molar-refractivity contribution is -0.155. The van der Waals surface area contributed by atoms with Crippen LogP contribution in [-0.4, -0.2) is 63.9 Å². The largest absolute Gasteiger partial charge is 0.460 e. The lowest BCUT2D eigenvalue weighted by Crippen LogP contribution is -2.42. The van der Waals surface area contributed by atoms with Gasteiger partial charge in [0.25, 0.3) is 5.91 Å². The Labute approximate surface area is 241 Å². The van der Waals surface area contributed by atoms with E-state index >= 15 is 0 Å². The Bertz CT molecular complexity index is 1350. The van der Waals surface area contributed by atoms with Crippen LogP contribution in [0.25, 0.3) is 11.0 Å². The predicted molar refractivity (Wildman–Crippen MR) is 159 cm³/mol. The first-order valence-electron chi connectivity index (χ1n) is 14.7. The number of aromatic amines is 1. The highest BCUT2D eigenvalue weighted by Gasteiger charge is 2.31. The molecule has 1 unspecified atom stereocenters. The van der Waals surface area contributed by atoms with E-state index in [1.165, 1.54) is 0 Å².